The molecule has 1 amide bonds. The van der Waals surface area contributed by atoms with Crippen LogP contribution in [0.25, 0.3) is 0 Å². The molecule has 0 radical (unpaired) electrons. The van der Waals surface area contributed by atoms with E-state index in [2.05, 4.69) is 4.98 Å². The third-order valence-electron chi connectivity index (χ3n) is 1.95. The molecule has 0 fully saturated rings. The minimum atomic E-state index is -0.510. The Labute approximate surface area is 96.7 Å². The molecular weight excluding hydrogens is 224 g/mol. The smallest absolute Gasteiger partial charge is 0.278 e. The highest BCUT2D eigenvalue weighted by atomic mass is 32.1. The second-order valence-electron chi connectivity index (χ2n) is 3.22. The first kappa shape index (κ1) is 10.6. The molecule has 0 unspecified atom stereocenters. The Morgan fingerprint density at radius 1 is 1.44 bits per heavy atom. The summed E-state index contributed by atoms with van der Waals surface area (Å²) < 4.78 is 5.50. The summed E-state index contributed by atoms with van der Waals surface area (Å²) in [6.45, 7) is 1.88. The maximum Gasteiger partial charge on any atom is 0.278 e. The number of nitrogens with zero attached hydrogens (tertiary/aromatic N) is 1. The molecule has 0 saturated carbocycles. The Balaban J connectivity index is 2.31. The molecule has 2 rings (SSSR count). The average Bonchev–Trinajstić information content (AvgIpc) is 2.64. The Morgan fingerprint density at radius 3 is 2.81 bits per heavy atom. The van der Waals surface area contributed by atoms with Gasteiger partial charge in [0.25, 0.3) is 11.1 Å². The Kier molecular flexibility index (Phi) is 2.87. The van der Waals surface area contributed by atoms with Crippen molar-refractivity contribution < 1.29 is 9.53 Å². The van der Waals surface area contributed by atoms with E-state index in [0.29, 0.717) is 16.5 Å². The number of rotatable bonds is 3. The summed E-state index contributed by atoms with van der Waals surface area (Å²) in [6.07, 6.45) is 0. The number of para-hydroxylation sites is 1. The predicted molar refractivity (Wildman–Crippen MR) is 61.9 cm³/mol. The third kappa shape index (κ3) is 2.20. The highest BCUT2D eigenvalue weighted by molar-refractivity contribution is 7.11. The van der Waals surface area contributed by atoms with Crippen LogP contribution in [0.3, 0.4) is 0 Å². The number of carbonyl (C=O) groups excluding carboxylic acids is 1. The van der Waals surface area contributed by atoms with Crippen LogP contribution in [0.5, 0.6) is 10.9 Å². The monoisotopic (exact) mass is 234 g/mol. The molecule has 5 heteroatoms. The molecule has 2 aromatic rings. The number of aromatic nitrogens is 1. The fraction of sp³-hybridized carbons (Fsp3) is 0.0909. The normalized spacial score (nSPS) is 10.1. The lowest BCUT2D eigenvalue weighted by atomic mass is 10.2. The molecule has 0 saturated heterocycles. The first-order valence-corrected chi connectivity index (χ1v) is 5.53. The van der Waals surface area contributed by atoms with Crippen molar-refractivity contribution in [1.82, 2.24) is 4.98 Å². The van der Waals surface area contributed by atoms with Gasteiger partial charge >= 0.3 is 0 Å². The number of thiazole rings is 1. The number of aryl methyl sites for hydroxylation is 1. The van der Waals surface area contributed by atoms with E-state index >= 15 is 0 Å². The zero-order chi connectivity index (χ0) is 11.5. The quantitative estimate of drug-likeness (QED) is 0.886. The van der Waals surface area contributed by atoms with Crippen LogP contribution >= 0.6 is 11.3 Å². The standard InChI is InChI=1S/C11H10N2O2S/c1-7-6-16-11(13-7)15-9-5-3-2-4-8(9)10(12)14/h2-6H,1H3,(H2,12,14). The summed E-state index contributed by atoms with van der Waals surface area (Å²) in [5, 5.41) is 2.38. The highest BCUT2D eigenvalue weighted by Gasteiger charge is 2.10. The molecule has 1 heterocycles. The molecule has 16 heavy (non-hydrogen) atoms. The number of nitrogens with two attached hydrogens (primary N) is 1. The predicted octanol–water partition coefficient (Wildman–Crippen LogP) is 2.34. The van der Waals surface area contributed by atoms with Crippen molar-refractivity contribution in [2.24, 2.45) is 5.73 Å². The number of benzene rings is 1. The first-order chi connectivity index (χ1) is 7.66. The summed E-state index contributed by atoms with van der Waals surface area (Å²) in [4.78, 5) is 15.3. The fourth-order valence-electron chi connectivity index (χ4n) is 1.23. The molecule has 0 aliphatic heterocycles. The molecule has 0 bridgehead atoms. The van der Waals surface area contributed by atoms with Crippen molar-refractivity contribution in [3.8, 4) is 10.9 Å². The molecule has 1 aromatic carbocycles. The first-order valence-electron chi connectivity index (χ1n) is 4.65. The van der Waals surface area contributed by atoms with Crippen LogP contribution in [0.1, 0.15) is 16.1 Å². The van der Waals surface area contributed by atoms with Crippen molar-refractivity contribution >= 4 is 17.2 Å². The van der Waals surface area contributed by atoms with Gasteiger partial charge in [0.1, 0.15) is 5.75 Å². The Bertz CT molecular complexity index is 522. The van der Waals surface area contributed by atoms with Crippen molar-refractivity contribution in [2.75, 3.05) is 0 Å². The van der Waals surface area contributed by atoms with Gasteiger partial charge in [0, 0.05) is 5.38 Å². The molecule has 4 nitrogen and oxygen atoms in total. The third-order valence-corrected chi connectivity index (χ3v) is 2.78. The lowest BCUT2D eigenvalue weighted by molar-refractivity contribution is 0.0998. The van der Waals surface area contributed by atoms with E-state index < -0.39 is 5.91 Å². The number of primary amides is 1. The van der Waals surface area contributed by atoms with E-state index in [4.69, 9.17) is 10.5 Å². The van der Waals surface area contributed by atoms with Gasteiger partial charge in [-0.2, -0.15) is 0 Å². The van der Waals surface area contributed by atoms with Crippen molar-refractivity contribution in [3.05, 3.63) is 40.9 Å². The molecule has 0 aliphatic carbocycles. The van der Waals surface area contributed by atoms with E-state index in [1.807, 2.05) is 12.3 Å². The van der Waals surface area contributed by atoms with Gasteiger partial charge in [-0.25, -0.2) is 4.98 Å². The number of amides is 1. The summed E-state index contributed by atoms with van der Waals surface area (Å²) >= 11 is 1.38. The van der Waals surface area contributed by atoms with Crippen LogP contribution in [0.2, 0.25) is 0 Å². The Hall–Kier alpha value is -1.88. The molecule has 0 spiro atoms. The van der Waals surface area contributed by atoms with Gasteiger partial charge in [-0.15, -0.1) is 0 Å². The molecular formula is C11H10N2O2S. The maximum atomic E-state index is 11.1. The minimum Gasteiger partial charge on any atom is -0.430 e. The zero-order valence-corrected chi connectivity index (χ0v) is 9.45. The van der Waals surface area contributed by atoms with E-state index in [0.717, 1.165) is 5.69 Å². The minimum absolute atomic E-state index is 0.357. The van der Waals surface area contributed by atoms with Gasteiger partial charge in [0.2, 0.25) is 0 Å². The highest BCUT2D eigenvalue weighted by Crippen LogP contribution is 2.27. The van der Waals surface area contributed by atoms with Gasteiger partial charge < -0.3 is 10.5 Å². The number of hydrogen-bond acceptors (Lipinski definition) is 4. The van der Waals surface area contributed by atoms with Crippen LogP contribution in [0, 0.1) is 6.92 Å². The van der Waals surface area contributed by atoms with Crippen LogP contribution in [-0.2, 0) is 0 Å². The second kappa shape index (κ2) is 4.32. The van der Waals surface area contributed by atoms with Gasteiger partial charge in [-0.1, -0.05) is 23.5 Å². The molecule has 1 aromatic heterocycles. The van der Waals surface area contributed by atoms with Gasteiger partial charge in [0.15, 0.2) is 0 Å². The van der Waals surface area contributed by atoms with Crippen molar-refractivity contribution in [2.45, 2.75) is 6.92 Å². The summed E-state index contributed by atoms with van der Waals surface area (Å²) in [7, 11) is 0. The number of carbonyl (C=O) groups is 1. The van der Waals surface area contributed by atoms with Crippen LogP contribution in [0.15, 0.2) is 29.6 Å². The largest absolute Gasteiger partial charge is 0.430 e. The van der Waals surface area contributed by atoms with E-state index in [-0.39, 0.29) is 0 Å². The molecule has 82 valence electrons. The fourth-order valence-corrected chi connectivity index (χ4v) is 1.89. The zero-order valence-electron chi connectivity index (χ0n) is 8.64. The van der Waals surface area contributed by atoms with Gasteiger partial charge in [-0.3, -0.25) is 4.79 Å². The molecule has 0 aliphatic rings. The van der Waals surface area contributed by atoms with Crippen LogP contribution in [0.4, 0.5) is 0 Å². The maximum absolute atomic E-state index is 11.1. The summed E-state index contributed by atoms with van der Waals surface area (Å²) in [5.74, 6) is -0.0757. The number of ether oxygens (including phenoxy) is 1. The summed E-state index contributed by atoms with van der Waals surface area (Å²) in [6, 6.07) is 6.83. The molecule has 0 atom stereocenters. The SMILES string of the molecule is Cc1csc(Oc2ccccc2C(N)=O)n1. The molecule has 2 N–H and O–H groups in total. The Morgan fingerprint density at radius 2 is 2.19 bits per heavy atom. The van der Waals surface area contributed by atoms with Gasteiger partial charge in [0.05, 0.1) is 11.3 Å². The van der Waals surface area contributed by atoms with E-state index in [1.54, 1.807) is 24.3 Å². The lowest BCUT2D eigenvalue weighted by Gasteiger charge is -2.05. The lowest BCUT2D eigenvalue weighted by Crippen LogP contribution is -2.11. The van der Waals surface area contributed by atoms with E-state index in [1.165, 1.54) is 11.3 Å². The van der Waals surface area contributed by atoms with Crippen LogP contribution < -0.4 is 10.5 Å². The van der Waals surface area contributed by atoms with E-state index in [9.17, 15) is 4.79 Å². The van der Waals surface area contributed by atoms with Crippen molar-refractivity contribution in [3.63, 3.8) is 0 Å². The van der Waals surface area contributed by atoms with Crippen molar-refractivity contribution in [1.29, 1.82) is 0 Å². The summed E-state index contributed by atoms with van der Waals surface area (Å²) in [5.41, 5.74) is 6.48. The van der Waals surface area contributed by atoms with Crippen LogP contribution in [-0.4, -0.2) is 10.9 Å². The van der Waals surface area contributed by atoms with Gasteiger partial charge in [-0.05, 0) is 19.1 Å². The second-order valence-corrected chi connectivity index (χ2v) is 4.04. The number of hydrogen-bond donors (Lipinski definition) is 1. The average molecular weight is 234 g/mol. The topological polar surface area (TPSA) is 65.2 Å².